The second-order valence-corrected chi connectivity index (χ2v) is 3.71. The maximum atomic E-state index is 13.0. The molecular formula is C12H10F2N2O. The van der Waals surface area contributed by atoms with Gasteiger partial charge in [0.2, 0.25) is 5.43 Å². The highest BCUT2D eigenvalue weighted by Crippen LogP contribution is 2.09. The van der Waals surface area contributed by atoms with E-state index < -0.39 is 11.6 Å². The molecule has 0 radical (unpaired) electrons. The highest BCUT2D eigenvalue weighted by Gasteiger charge is 2.02. The molecule has 0 aliphatic rings. The Kier molecular flexibility index (Phi) is 2.91. The SMILES string of the molecule is Nc1cn(Cc2cc(F)cc(F)c2)ccc1=O. The highest BCUT2D eigenvalue weighted by atomic mass is 19.1. The second-order valence-electron chi connectivity index (χ2n) is 3.71. The van der Waals surface area contributed by atoms with Gasteiger partial charge in [-0.05, 0) is 17.7 Å². The zero-order valence-electron chi connectivity index (χ0n) is 8.86. The van der Waals surface area contributed by atoms with Gasteiger partial charge < -0.3 is 10.3 Å². The Bertz CT molecular complexity index is 587. The normalized spacial score (nSPS) is 10.5. The van der Waals surface area contributed by atoms with E-state index in [0.29, 0.717) is 5.56 Å². The van der Waals surface area contributed by atoms with Crippen molar-refractivity contribution in [2.75, 3.05) is 5.73 Å². The number of nitrogen functional groups attached to an aromatic ring is 1. The van der Waals surface area contributed by atoms with Crippen molar-refractivity contribution >= 4 is 5.69 Å². The molecule has 0 spiro atoms. The minimum Gasteiger partial charge on any atom is -0.394 e. The van der Waals surface area contributed by atoms with Crippen molar-refractivity contribution in [1.29, 1.82) is 0 Å². The Labute approximate surface area is 96.1 Å². The third kappa shape index (κ3) is 2.69. The van der Waals surface area contributed by atoms with E-state index in [0.717, 1.165) is 6.07 Å². The van der Waals surface area contributed by atoms with Gasteiger partial charge >= 0.3 is 0 Å². The molecular weight excluding hydrogens is 226 g/mol. The van der Waals surface area contributed by atoms with Gasteiger partial charge in [0.1, 0.15) is 11.6 Å². The van der Waals surface area contributed by atoms with Crippen molar-refractivity contribution in [1.82, 2.24) is 4.57 Å². The van der Waals surface area contributed by atoms with Crippen molar-refractivity contribution < 1.29 is 8.78 Å². The number of pyridine rings is 1. The summed E-state index contributed by atoms with van der Waals surface area (Å²) >= 11 is 0. The van der Waals surface area contributed by atoms with Crippen LogP contribution in [0.1, 0.15) is 5.56 Å². The summed E-state index contributed by atoms with van der Waals surface area (Å²) in [5.41, 5.74) is 5.75. The number of aromatic nitrogens is 1. The molecule has 5 heteroatoms. The number of halogens is 2. The van der Waals surface area contributed by atoms with Gasteiger partial charge in [0.25, 0.3) is 0 Å². The number of rotatable bonds is 2. The lowest BCUT2D eigenvalue weighted by Crippen LogP contribution is -2.11. The molecule has 2 rings (SSSR count). The van der Waals surface area contributed by atoms with Gasteiger partial charge in [0.15, 0.2) is 0 Å². The fourth-order valence-electron chi connectivity index (χ4n) is 1.56. The van der Waals surface area contributed by atoms with Crippen molar-refractivity contribution in [3.8, 4) is 0 Å². The van der Waals surface area contributed by atoms with Crippen LogP contribution in [0.3, 0.4) is 0 Å². The molecule has 0 bridgehead atoms. The van der Waals surface area contributed by atoms with E-state index in [1.165, 1.54) is 30.6 Å². The molecule has 0 amide bonds. The Morgan fingerprint density at radius 1 is 1.18 bits per heavy atom. The number of hydrogen-bond donors (Lipinski definition) is 1. The Balaban J connectivity index is 2.31. The molecule has 0 atom stereocenters. The van der Waals surface area contributed by atoms with Crippen LogP contribution in [-0.2, 0) is 6.54 Å². The molecule has 0 fully saturated rings. The topological polar surface area (TPSA) is 48.0 Å². The summed E-state index contributed by atoms with van der Waals surface area (Å²) in [6.45, 7) is 0.249. The largest absolute Gasteiger partial charge is 0.394 e. The van der Waals surface area contributed by atoms with Gasteiger partial charge in [0, 0.05) is 31.1 Å². The van der Waals surface area contributed by atoms with E-state index >= 15 is 0 Å². The molecule has 1 aromatic heterocycles. The van der Waals surface area contributed by atoms with Gasteiger partial charge in [-0.3, -0.25) is 4.79 Å². The molecule has 1 aromatic carbocycles. The van der Waals surface area contributed by atoms with E-state index in [1.54, 1.807) is 4.57 Å². The zero-order chi connectivity index (χ0) is 12.4. The summed E-state index contributed by atoms with van der Waals surface area (Å²) in [6, 6.07) is 4.59. The predicted octanol–water partition coefficient (Wildman–Crippen LogP) is 1.76. The average Bonchev–Trinajstić information content (AvgIpc) is 2.22. The van der Waals surface area contributed by atoms with Crippen molar-refractivity contribution in [3.05, 3.63) is 64.1 Å². The van der Waals surface area contributed by atoms with E-state index in [4.69, 9.17) is 5.73 Å². The lowest BCUT2D eigenvalue weighted by molar-refractivity contribution is 0.577. The van der Waals surface area contributed by atoms with Gasteiger partial charge in [-0.1, -0.05) is 0 Å². The summed E-state index contributed by atoms with van der Waals surface area (Å²) in [5.74, 6) is -1.26. The fourth-order valence-corrected chi connectivity index (χ4v) is 1.56. The lowest BCUT2D eigenvalue weighted by atomic mass is 10.2. The van der Waals surface area contributed by atoms with Gasteiger partial charge in [-0.25, -0.2) is 8.78 Å². The van der Waals surface area contributed by atoms with E-state index in [2.05, 4.69) is 0 Å². The third-order valence-corrected chi connectivity index (χ3v) is 2.29. The van der Waals surface area contributed by atoms with Crippen LogP contribution in [0.15, 0.2) is 41.5 Å². The number of anilines is 1. The number of benzene rings is 1. The second kappa shape index (κ2) is 4.37. The predicted molar refractivity (Wildman–Crippen MR) is 60.6 cm³/mol. The molecule has 2 N–H and O–H groups in total. The Morgan fingerprint density at radius 3 is 2.41 bits per heavy atom. The third-order valence-electron chi connectivity index (χ3n) is 2.29. The molecule has 1 heterocycles. The molecule has 17 heavy (non-hydrogen) atoms. The van der Waals surface area contributed by atoms with Crippen LogP contribution in [0.2, 0.25) is 0 Å². The van der Waals surface area contributed by atoms with Crippen LogP contribution < -0.4 is 11.2 Å². The number of hydrogen-bond acceptors (Lipinski definition) is 2. The Morgan fingerprint density at radius 2 is 1.82 bits per heavy atom. The van der Waals surface area contributed by atoms with Crippen LogP contribution in [0.5, 0.6) is 0 Å². The Hall–Kier alpha value is -2.17. The van der Waals surface area contributed by atoms with Crippen molar-refractivity contribution in [3.63, 3.8) is 0 Å². The van der Waals surface area contributed by atoms with Crippen molar-refractivity contribution in [2.45, 2.75) is 6.54 Å². The van der Waals surface area contributed by atoms with Crippen LogP contribution in [-0.4, -0.2) is 4.57 Å². The maximum Gasteiger partial charge on any atom is 0.204 e. The highest BCUT2D eigenvalue weighted by molar-refractivity contribution is 5.34. The average molecular weight is 236 g/mol. The molecule has 0 unspecified atom stereocenters. The van der Waals surface area contributed by atoms with Crippen LogP contribution in [0, 0.1) is 11.6 Å². The van der Waals surface area contributed by atoms with Crippen LogP contribution in [0.4, 0.5) is 14.5 Å². The summed E-state index contributed by atoms with van der Waals surface area (Å²) in [6.07, 6.45) is 2.95. The standard InChI is InChI=1S/C12H10F2N2O/c13-9-3-8(4-10(14)5-9)6-16-2-1-12(17)11(15)7-16/h1-5,7H,6,15H2. The summed E-state index contributed by atoms with van der Waals surface area (Å²) < 4.78 is 27.5. The summed E-state index contributed by atoms with van der Waals surface area (Å²) in [7, 11) is 0. The molecule has 88 valence electrons. The molecule has 2 aromatic rings. The molecule has 0 saturated heterocycles. The fraction of sp³-hybridized carbons (Fsp3) is 0.0833. The first kappa shape index (κ1) is 11.3. The monoisotopic (exact) mass is 236 g/mol. The summed E-state index contributed by atoms with van der Waals surface area (Å²) in [4.78, 5) is 11.1. The first-order valence-corrected chi connectivity index (χ1v) is 4.95. The maximum absolute atomic E-state index is 13.0. The zero-order valence-corrected chi connectivity index (χ0v) is 8.86. The van der Waals surface area contributed by atoms with E-state index in [1.807, 2.05) is 0 Å². The minimum absolute atomic E-state index is 0.101. The number of nitrogens with zero attached hydrogens (tertiary/aromatic N) is 1. The van der Waals surface area contributed by atoms with Crippen molar-refractivity contribution in [2.24, 2.45) is 0 Å². The van der Waals surface area contributed by atoms with Crippen LogP contribution >= 0.6 is 0 Å². The molecule has 3 nitrogen and oxygen atoms in total. The van der Waals surface area contributed by atoms with E-state index in [-0.39, 0.29) is 17.7 Å². The van der Waals surface area contributed by atoms with Gasteiger partial charge in [-0.2, -0.15) is 0 Å². The molecule has 0 saturated carbocycles. The minimum atomic E-state index is -0.631. The first-order valence-electron chi connectivity index (χ1n) is 4.95. The number of nitrogens with two attached hydrogens (primary N) is 1. The first-order chi connectivity index (χ1) is 8.04. The molecule has 0 aliphatic carbocycles. The summed E-state index contributed by atoms with van der Waals surface area (Å²) in [5, 5.41) is 0. The quantitative estimate of drug-likeness (QED) is 0.863. The smallest absolute Gasteiger partial charge is 0.204 e. The van der Waals surface area contributed by atoms with Gasteiger partial charge in [0.05, 0.1) is 5.69 Å². The van der Waals surface area contributed by atoms with Crippen LogP contribution in [0.25, 0.3) is 0 Å². The lowest BCUT2D eigenvalue weighted by Gasteiger charge is -2.07. The van der Waals surface area contributed by atoms with E-state index in [9.17, 15) is 13.6 Å². The molecule has 0 aliphatic heterocycles. The van der Waals surface area contributed by atoms with Gasteiger partial charge in [-0.15, -0.1) is 0 Å².